The van der Waals surface area contributed by atoms with E-state index in [-0.39, 0.29) is 11.9 Å². The summed E-state index contributed by atoms with van der Waals surface area (Å²) >= 11 is 0. The summed E-state index contributed by atoms with van der Waals surface area (Å²) in [5.41, 5.74) is 6.59. The second-order valence-corrected chi connectivity index (χ2v) is 8.31. The number of methoxy groups -OCH3 is 2. The number of hydrogen-bond donors (Lipinski definition) is 1. The molecule has 0 aromatic heterocycles. The van der Waals surface area contributed by atoms with Gasteiger partial charge >= 0.3 is 0 Å². The fraction of sp³-hybridized carbons (Fsp3) is 0.296. The molecule has 1 atom stereocenters. The van der Waals surface area contributed by atoms with Gasteiger partial charge < -0.3 is 14.8 Å². The number of benzene rings is 3. The van der Waals surface area contributed by atoms with Crippen LogP contribution >= 0.6 is 0 Å². The Morgan fingerprint density at radius 1 is 1.00 bits per heavy atom. The zero-order valence-electron chi connectivity index (χ0n) is 19.1. The van der Waals surface area contributed by atoms with Crippen molar-refractivity contribution >= 4 is 11.6 Å². The summed E-state index contributed by atoms with van der Waals surface area (Å²) in [7, 11) is 3.31. The Morgan fingerprint density at radius 3 is 2.44 bits per heavy atom. The number of ether oxygens (including phenoxy) is 2. The van der Waals surface area contributed by atoms with Crippen molar-refractivity contribution in [2.24, 2.45) is 0 Å². The molecule has 0 unspecified atom stereocenters. The predicted octanol–water partition coefficient (Wildman–Crippen LogP) is 4.91. The number of fused-ring (bicyclic) bond motifs is 1. The van der Waals surface area contributed by atoms with E-state index in [0.717, 1.165) is 46.7 Å². The van der Waals surface area contributed by atoms with Gasteiger partial charge in [0, 0.05) is 12.2 Å². The van der Waals surface area contributed by atoms with Crippen LogP contribution in [-0.4, -0.2) is 38.1 Å². The molecule has 0 spiro atoms. The summed E-state index contributed by atoms with van der Waals surface area (Å²) in [6.45, 7) is 5.13. The first kappa shape index (κ1) is 21.9. The van der Waals surface area contributed by atoms with E-state index in [0.29, 0.717) is 12.3 Å². The van der Waals surface area contributed by atoms with E-state index in [1.54, 1.807) is 14.2 Å². The average molecular weight is 431 g/mol. The van der Waals surface area contributed by atoms with Crippen LogP contribution in [0.25, 0.3) is 0 Å². The van der Waals surface area contributed by atoms with Crippen molar-refractivity contribution < 1.29 is 14.3 Å². The third kappa shape index (κ3) is 4.48. The second kappa shape index (κ2) is 9.45. The first-order valence-electron chi connectivity index (χ1n) is 10.9. The number of hydrogen-bond acceptors (Lipinski definition) is 4. The fourth-order valence-electron chi connectivity index (χ4n) is 4.44. The van der Waals surface area contributed by atoms with E-state index >= 15 is 0 Å². The average Bonchev–Trinajstić information content (AvgIpc) is 2.80. The van der Waals surface area contributed by atoms with E-state index in [9.17, 15) is 4.79 Å². The Balaban J connectivity index is 1.66. The molecule has 1 aliphatic heterocycles. The van der Waals surface area contributed by atoms with E-state index in [1.165, 1.54) is 5.56 Å². The van der Waals surface area contributed by atoms with Gasteiger partial charge in [0.15, 0.2) is 11.5 Å². The summed E-state index contributed by atoms with van der Waals surface area (Å²) < 4.78 is 11.1. The van der Waals surface area contributed by atoms with Crippen molar-refractivity contribution in [1.29, 1.82) is 0 Å². The maximum atomic E-state index is 13.1. The number of carbonyl (C=O) groups excluding carboxylic acids is 1. The van der Waals surface area contributed by atoms with Crippen molar-refractivity contribution in [3.8, 4) is 11.5 Å². The van der Waals surface area contributed by atoms with E-state index in [1.807, 2.05) is 44.2 Å². The zero-order chi connectivity index (χ0) is 22.7. The van der Waals surface area contributed by atoms with Gasteiger partial charge in [0.25, 0.3) is 0 Å². The molecule has 0 bridgehead atoms. The van der Waals surface area contributed by atoms with Crippen LogP contribution in [0.3, 0.4) is 0 Å². The smallest absolute Gasteiger partial charge is 0.238 e. The van der Waals surface area contributed by atoms with E-state index < -0.39 is 0 Å². The van der Waals surface area contributed by atoms with Gasteiger partial charge in [0.05, 0.1) is 26.8 Å². The first-order valence-corrected chi connectivity index (χ1v) is 10.9. The lowest BCUT2D eigenvalue weighted by molar-refractivity contribution is -0.117. The van der Waals surface area contributed by atoms with Crippen LogP contribution in [0.15, 0.2) is 60.7 Å². The molecule has 5 heteroatoms. The van der Waals surface area contributed by atoms with Crippen molar-refractivity contribution in [1.82, 2.24) is 4.90 Å². The monoisotopic (exact) mass is 430 g/mol. The lowest BCUT2D eigenvalue weighted by Gasteiger charge is -2.37. The molecule has 3 aromatic carbocycles. The number of aryl methyl sites for hydroxylation is 2. The molecule has 0 aliphatic carbocycles. The molecule has 4 rings (SSSR count). The molecule has 0 fully saturated rings. The first-order chi connectivity index (χ1) is 15.5. The highest BCUT2D eigenvalue weighted by atomic mass is 16.5. The molecule has 166 valence electrons. The highest BCUT2D eigenvalue weighted by molar-refractivity contribution is 5.93. The van der Waals surface area contributed by atoms with Gasteiger partial charge in [-0.3, -0.25) is 9.69 Å². The maximum Gasteiger partial charge on any atom is 0.238 e. The molecule has 32 heavy (non-hydrogen) atoms. The lowest BCUT2D eigenvalue weighted by Crippen LogP contribution is -2.41. The fourth-order valence-corrected chi connectivity index (χ4v) is 4.44. The van der Waals surface area contributed by atoms with Crippen molar-refractivity contribution in [3.63, 3.8) is 0 Å². The van der Waals surface area contributed by atoms with Crippen LogP contribution in [0.2, 0.25) is 0 Å². The zero-order valence-corrected chi connectivity index (χ0v) is 19.1. The molecule has 0 radical (unpaired) electrons. The number of amides is 1. The van der Waals surface area contributed by atoms with Gasteiger partial charge in [-0.05, 0) is 66.3 Å². The number of nitrogens with zero attached hydrogens (tertiary/aromatic N) is 1. The Morgan fingerprint density at radius 2 is 1.72 bits per heavy atom. The highest BCUT2D eigenvalue weighted by Crippen LogP contribution is 2.40. The van der Waals surface area contributed by atoms with Gasteiger partial charge in [0.1, 0.15) is 0 Å². The van der Waals surface area contributed by atoms with Crippen LogP contribution in [0.1, 0.15) is 33.9 Å². The Hall–Kier alpha value is -3.31. The van der Waals surface area contributed by atoms with Crippen molar-refractivity contribution in [2.45, 2.75) is 26.3 Å². The Kier molecular flexibility index (Phi) is 6.47. The number of rotatable bonds is 6. The molecular weight excluding hydrogens is 400 g/mol. The van der Waals surface area contributed by atoms with Crippen LogP contribution in [0.5, 0.6) is 11.5 Å². The van der Waals surface area contributed by atoms with Gasteiger partial charge in [0.2, 0.25) is 5.91 Å². The molecule has 5 nitrogen and oxygen atoms in total. The number of anilines is 1. The van der Waals surface area contributed by atoms with Crippen LogP contribution in [0, 0.1) is 13.8 Å². The van der Waals surface area contributed by atoms with Crippen molar-refractivity contribution in [2.75, 3.05) is 32.6 Å². The molecule has 1 amide bonds. The van der Waals surface area contributed by atoms with Crippen LogP contribution < -0.4 is 14.8 Å². The number of carbonyl (C=O) groups is 1. The molecular formula is C27H30N2O3. The summed E-state index contributed by atoms with van der Waals surface area (Å²) in [5, 5.41) is 3.11. The predicted molar refractivity (Wildman–Crippen MR) is 128 cm³/mol. The molecule has 1 heterocycles. The minimum atomic E-state index is -0.0379. The van der Waals surface area contributed by atoms with Gasteiger partial charge in [-0.1, -0.05) is 42.5 Å². The van der Waals surface area contributed by atoms with Gasteiger partial charge in [-0.25, -0.2) is 0 Å². The molecule has 3 aromatic rings. The Bertz CT molecular complexity index is 1110. The normalized spacial score (nSPS) is 15.7. The SMILES string of the molecule is COc1cc2c(cc1OC)[C@@H](c1ccccc1)N(CC(=O)Nc1cc(C)ccc1C)CC2. The molecule has 0 saturated heterocycles. The van der Waals surface area contributed by atoms with Crippen LogP contribution in [-0.2, 0) is 11.2 Å². The summed E-state index contributed by atoms with van der Waals surface area (Å²) in [6, 6.07) is 20.5. The number of nitrogens with one attached hydrogen (secondary N) is 1. The minimum absolute atomic E-state index is 0.0106. The van der Waals surface area contributed by atoms with E-state index in [4.69, 9.17) is 9.47 Å². The Labute approximate surface area is 190 Å². The second-order valence-electron chi connectivity index (χ2n) is 8.31. The quantitative estimate of drug-likeness (QED) is 0.604. The van der Waals surface area contributed by atoms with Crippen molar-refractivity contribution in [3.05, 3.63) is 88.5 Å². The third-order valence-electron chi connectivity index (χ3n) is 6.10. The standard InChI is InChI=1S/C27H30N2O3/c1-18-10-11-19(2)23(14-18)28-26(30)17-29-13-12-21-15-24(31-3)25(32-4)16-22(21)27(29)20-8-6-5-7-9-20/h5-11,14-16,27H,12-13,17H2,1-4H3,(H,28,30)/t27-/m1/s1. The van der Waals surface area contributed by atoms with Gasteiger partial charge in [-0.2, -0.15) is 0 Å². The lowest BCUT2D eigenvalue weighted by atomic mass is 9.87. The summed E-state index contributed by atoms with van der Waals surface area (Å²) in [6.07, 6.45) is 0.843. The van der Waals surface area contributed by atoms with Crippen LogP contribution in [0.4, 0.5) is 5.69 Å². The third-order valence-corrected chi connectivity index (χ3v) is 6.10. The molecule has 1 aliphatic rings. The largest absolute Gasteiger partial charge is 0.493 e. The molecule has 0 saturated carbocycles. The van der Waals surface area contributed by atoms with E-state index in [2.05, 4.69) is 40.5 Å². The topological polar surface area (TPSA) is 50.8 Å². The van der Waals surface area contributed by atoms with Gasteiger partial charge in [-0.15, -0.1) is 0 Å². The minimum Gasteiger partial charge on any atom is -0.493 e. The summed E-state index contributed by atoms with van der Waals surface area (Å²) in [4.78, 5) is 15.3. The molecule has 1 N–H and O–H groups in total. The highest BCUT2D eigenvalue weighted by Gasteiger charge is 2.31. The summed E-state index contributed by atoms with van der Waals surface area (Å²) in [5.74, 6) is 1.43. The maximum absolute atomic E-state index is 13.1.